The largest absolute Gasteiger partial charge is 0.478 e. The van der Waals surface area contributed by atoms with Crippen LogP contribution in [0.1, 0.15) is 16.1 Å². The first-order valence-electron chi connectivity index (χ1n) is 8.76. The van der Waals surface area contributed by atoms with Crippen LogP contribution >= 0.6 is 23.2 Å². The molecule has 0 unspecified atom stereocenters. The van der Waals surface area contributed by atoms with E-state index in [-0.39, 0.29) is 28.6 Å². The summed E-state index contributed by atoms with van der Waals surface area (Å²) in [7, 11) is -3.81. The number of aromatic carboxylic acids is 1. The molecule has 2 aromatic carbocycles. The first-order valence-corrected chi connectivity index (χ1v) is 11.0. The molecule has 9 heteroatoms. The van der Waals surface area contributed by atoms with Crippen molar-refractivity contribution in [1.82, 2.24) is 8.87 Å². The minimum absolute atomic E-state index is 0.0680. The van der Waals surface area contributed by atoms with Crippen LogP contribution in [0, 0.1) is 0 Å². The summed E-state index contributed by atoms with van der Waals surface area (Å²) >= 11 is 12.3. The monoisotopic (exact) mass is 450 g/mol. The van der Waals surface area contributed by atoms with Gasteiger partial charge in [-0.2, -0.15) is 4.31 Å². The first-order chi connectivity index (χ1) is 13.8. The molecule has 3 aromatic rings. The average molecular weight is 451 g/mol. The number of carboxylic acid groups (broad SMARTS) is 1. The molecule has 1 aliphatic heterocycles. The van der Waals surface area contributed by atoms with Crippen molar-refractivity contribution in [3.05, 3.63) is 75.9 Å². The fourth-order valence-corrected chi connectivity index (χ4v) is 5.48. The van der Waals surface area contributed by atoms with E-state index < -0.39 is 16.0 Å². The van der Waals surface area contributed by atoms with E-state index in [0.717, 1.165) is 5.56 Å². The number of fused-ring (bicyclic) bond motifs is 1. The maximum atomic E-state index is 13.0. The van der Waals surface area contributed by atoms with Crippen molar-refractivity contribution >= 4 is 39.2 Å². The first kappa shape index (κ1) is 20.0. The van der Waals surface area contributed by atoms with Gasteiger partial charge in [-0.15, -0.1) is 0 Å². The Bertz CT molecular complexity index is 1190. The molecule has 150 valence electrons. The van der Waals surface area contributed by atoms with Crippen molar-refractivity contribution in [3.8, 4) is 11.3 Å². The minimum Gasteiger partial charge on any atom is -0.478 e. The molecule has 0 spiro atoms. The molecule has 0 saturated carbocycles. The summed E-state index contributed by atoms with van der Waals surface area (Å²) in [6.07, 6.45) is 0. The van der Waals surface area contributed by atoms with Crippen molar-refractivity contribution in [1.29, 1.82) is 0 Å². The summed E-state index contributed by atoms with van der Waals surface area (Å²) in [4.78, 5) is 12.0. The third kappa shape index (κ3) is 3.44. The number of aromatic nitrogens is 1. The van der Waals surface area contributed by atoms with Crippen molar-refractivity contribution < 1.29 is 18.3 Å². The van der Waals surface area contributed by atoms with Gasteiger partial charge in [-0.05, 0) is 29.8 Å². The highest BCUT2D eigenvalue weighted by Gasteiger charge is 2.35. The highest BCUT2D eigenvalue weighted by Crippen LogP contribution is 2.38. The van der Waals surface area contributed by atoms with Gasteiger partial charge in [-0.25, -0.2) is 13.2 Å². The Kier molecular flexibility index (Phi) is 5.16. The lowest BCUT2D eigenvalue weighted by molar-refractivity contribution is 0.0694. The molecular weight excluding hydrogens is 435 g/mol. The van der Waals surface area contributed by atoms with Crippen molar-refractivity contribution in [2.75, 3.05) is 6.54 Å². The van der Waals surface area contributed by atoms with E-state index in [1.165, 1.54) is 28.6 Å². The zero-order valence-corrected chi connectivity index (χ0v) is 17.4. The van der Waals surface area contributed by atoms with Crippen LogP contribution in [0.25, 0.3) is 11.3 Å². The Hall–Kier alpha value is -2.32. The normalized spacial score (nSPS) is 14.6. The fourth-order valence-electron chi connectivity index (χ4n) is 3.56. The van der Waals surface area contributed by atoms with E-state index in [2.05, 4.69) is 0 Å². The van der Waals surface area contributed by atoms with Crippen LogP contribution in [0.3, 0.4) is 0 Å². The molecule has 0 fully saturated rings. The Morgan fingerprint density at radius 1 is 0.966 bits per heavy atom. The molecule has 0 amide bonds. The van der Waals surface area contributed by atoms with E-state index in [0.29, 0.717) is 23.0 Å². The van der Waals surface area contributed by atoms with Gasteiger partial charge in [-0.3, -0.25) is 0 Å². The van der Waals surface area contributed by atoms with Crippen LogP contribution in [-0.4, -0.2) is 34.9 Å². The maximum Gasteiger partial charge on any atom is 0.339 e. The lowest BCUT2D eigenvalue weighted by Gasteiger charge is -2.29. The molecule has 1 N–H and O–H groups in total. The second kappa shape index (κ2) is 7.50. The second-order valence-electron chi connectivity index (χ2n) is 6.60. The number of carbonyl (C=O) groups is 1. The molecule has 0 bridgehead atoms. The van der Waals surface area contributed by atoms with Crippen LogP contribution in [-0.2, 0) is 23.1 Å². The number of hydrogen-bond acceptors (Lipinski definition) is 3. The zero-order chi connectivity index (χ0) is 20.8. The van der Waals surface area contributed by atoms with E-state index in [1.54, 1.807) is 4.57 Å². The molecular formula is C20H16Cl2N2O4S. The summed E-state index contributed by atoms with van der Waals surface area (Å²) < 4.78 is 29.2. The van der Waals surface area contributed by atoms with Gasteiger partial charge in [0.05, 0.1) is 22.2 Å². The third-order valence-electron chi connectivity index (χ3n) is 4.92. The minimum atomic E-state index is -3.81. The standard InChI is InChI=1S/C20H16Cl2N2O4S/c21-14-6-8-15(9-7-14)29(27,28)23-10-11-24-16(12-23)17(20(25)26)18(22)19(24)13-4-2-1-3-5-13/h1-9H,10-12H2,(H,25,26). The average Bonchev–Trinajstić information content (AvgIpc) is 3.00. The summed E-state index contributed by atoms with van der Waals surface area (Å²) in [5.41, 5.74) is 1.66. The Morgan fingerprint density at radius 3 is 2.24 bits per heavy atom. The van der Waals surface area contributed by atoms with Crippen LogP contribution in [0.5, 0.6) is 0 Å². The second-order valence-corrected chi connectivity index (χ2v) is 9.35. The van der Waals surface area contributed by atoms with Crippen LogP contribution in [0.15, 0.2) is 59.5 Å². The van der Waals surface area contributed by atoms with E-state index in [4.69, 9.17) is 23.2 Å². The fraction of sp³-hybridized carbons (Fsp3) is 0.150. The molecule has 2 heterocycles. The number of carboxylic acids is 1. The topological polar surface area (TPSA) is 79.6 Å². The number of sulfonamides is 1. The van der Waals surface area contributed by atoms with Gasteiger partial charge < -0.3 is 9.67 Å². The highest BCUT2D eigenvalue weighted by atomic mass is 35.5. The molecule has 4 rings (SSSR count). The van der Waals surface area contributed by atoms with E-state index >= 15 is 0 Å². The van der Waals surface area contributed by atoms with Crippen LogP contribution < -0.4 is 0 Å². The number of rotatable bonds is 4. The van der Waals surface area contributed by atoms with Crippen LogP contribution in [0.4, 0.5) is 0 Å². The quantitative estimate of drug-likeness (QED) is 0.639. The van der Waals surface area contributed by atoms with E-state index in [1.807, 2.05) is 30.3 Å². The zero-order valence-electron chi connectivity index (χ0n) is 15.0. The lowest BCUT2D eigenvalue weighted by Crippen LogP contribution is -2.38. The van der Waals surface area contributed by atoms with Crippen molar-refractivity contribution in [2.45, 2.75) is 18.0 Å². The smallest absolute Gasteiger partial charge is 0.339 e. The van der Waals surface area contributed by atoms with Gasteiger partial charge in [0.15, 0.2) is 0 Å². The molecule has 6 nitrogen and oxygen atoms in total. The summed E-state index contributed by atoms with van der Waals surface area (Å²) in [6, 6.07) is 15.1. The Balaban J connectivity index is 1.80. The third-order valence-corrected chi connectivity index (χ3v) is 7.40. The maximum absolute atomic E-state index is 13.0. The molecule has 1 aromatic heterocycles. The predicted octanol–water partition coefficient (Wildman–Crippen LogP) is 4.36. The van der Waals surface area contributed by atoms with Gasteiger partial charge in [-0.1, -0.05) is 53.5 Å². The summed E-state index contributed by atoms with van der Waals surface area (Å²) in [5, 5.41) is 10.3. The number of hydrogen-bond donors (Lipinski definition) is 1. The number of nitrogens with zero attached hydrogens (tertiary/aromatic N) is 2. The molecule has 0 aliphatic carbocycles. The summed E-state index contributed by atoms with van der Waals surface area (Å²) in [6.45, 7) is 0.403. The van der Waals surface area contributed by atoms with Crippen molar-refractivity contribution in [2.24, 2.45) is 0 Å². The predicted molar refractivity (Wildman–Crippen MR) is 111 cm³/mol. The SMILES string of the molecule is O=C(O)c1c(Cl)c(-c2ccccc2)n2c1CN(S(=O)(=O)c1ccc(Cl)cc1)CC2. The van der Waals surface area contributed by atoms with Crippen LogP contribution in [0.2, 0.25) is 10.0 Å². The van der Waals surface area contributed by atoms with E-state index in [9.17, 15) is 18.3 Å². The molecule has 0 saturated heterocycles. The van der Waals surface area contributed by atoms with Gasteiger partial charge in [0.25, 0.3) is 0 Å². The van der Waals surface area contributed by atoms with Crippen molar-refractivity contribution in [3.63, 3.8) is 0 Å². The number of halogens is 2. The molecule has 1 aliphatic rings. The van der Waals surface area contributed by atoms with Gasteiger partial charge >= 0.3 is 5.97 Å². The van der Waals surface area contributed by atoms with Gasteiger partial charge in [0.2, 0.25) is 10.0 Å². The molecule has 0 atom stereocenters. The Labute approximate surface area is 178 Å². The highest BCUT2D eigenvalue weighted by molar-refractivity contribution is 7.89. The van der Waals surface area contributed by atoms with Gasteiger partial charge in [0, 0.05) is 23.8 Å². The molecule has 29 heavy (non-hydrogen) atoms. The Morgan fingerprint density at radius 2 is 1.62 bits per heavy atom. The molecule has 0 radical (unpaired) electrons. The van der Waals surface area contributed by atoms with Gasteiger partial charge in [0.1, 0.15) is 5.56 Å². The number of benzene rings is 2. The summed E-state index contributed by atoms with van der Waals surface area (Å²) in [5.74, 6) is -1.19. The lowest BCUT2D eigenvalue weighted by atomic mass is 10.1.